The number of unbranched alkanes of at least 4 members (excludes halogenated alkanes) is 1. The molecule has 0 amide bonds. The minimum atomic E-state index is -0.402. The van der Waals surface area contributed by atoms with Crippen molar-refractivity contribution in [3.63, 3.8) is 0 Å². The molecule has 0 unspecified atom stereocenters. The minimum absolute atomic E-state index is 0.328. The number of rotatable bonds is 5. The molecule has 6 heteroatoms. The van der Waals surface area contributed by atoms with Gasteiger partial charge in [0.25, 0.3) is 5.56 Å². The molecule has 19 heavy (non-hydrogen) atoms. The van der Waals surface area contributed by atoms with Crippen molar-refractivity contribution in [1.82, 2.24) is 14.5 Å². The van der Waals surface area contributed by atoms with E-state index in [0.29, 0.717) is 24.5 Å². The maximum atomic E-state index is 11.9. The van der Waals surface area contributed by atoms with Crippen LogP contribution in [0.15, 0.2) is 9.59 Å². The summed E-state index contributed by atoms with van der Waals surface area (Å²) in [5, 5.41) is 0. The topological polar surface area (TPSA) is 84.1 Å². The summed E-state index contributed by atoms with van der Waals surface area (Å²) in [6.07, 6.45) is 4.17. The second-order valence-corrected chi connectivity index (χ2v) is 5.11. The van der Waals surface area contributed by atoms with Gasteiger partial charge in [-0.2, -0.15) is 0 Å². The highest BCUT2D eigenvalue weighted by Crippen LogP contribution is 2.13. The van der Waals surface area contributed by atoms with E-state index in [9.17, 15) is 9.59 Å². The zero-order valence-corrected chi connectivity index (χ0v) is 11.4. The maximum absolute atomic E-state index is 11.9. The van der Waals surface area contributed by atoms with Crippen molar-refractivity contribution in [2.45, 2.75) is 45.7 Å². The van der Waals surface area contributed by atoms with Gasteiger partial charge in [-0.25, -0.2) is 4.79 Å². The molecule has 0 aromatic carbocycles. The standard InChI is InChI=1S/C13H22N4O2/c1-2-3-8-17-11(14)10(12(18)15-13(17)19)9-16-6-4-5-7-16/h2-9,14H2,1H3,(H,15,18,19). The molecule has 1 aliphatic rings. The highest BCUT2D eigenvalue weighted by atomic mass is 16.2. The van der Waals surface area contributed by atoms with E-state index in [1.165, 1.54) is 4.57 Å². The van der Waals surface area contributed by atoms with Crippen LogP contribution >= 0.6 is 0 Å². The second kappa shape index (κ2) is 6.06. The zero-order chi connectivity index (χ0) is 13.8. The molecule has 1 aliphatic heterocycles. The van der Waals surface area contributed by atoms with Crippen molar-refractivity contribution in [1.29, 1.82) is 0 Å². The quantitative estimate of drug-likeness (QED) is 0.813. The van der Waals surface area contributed by atoms with Gasteiger partial charge in [0.05, 0.1) is 5.56 Å². The highest BCUT2D eigenvalue weighted by Gasteiger charge is 2.18. The lowest BCUT2D eigenvalue weighted by Gasteiger charge is -2.17. The Balaban J connectivity index is 2.30. The number of hydrogen-bond acceptors (Lipinski definition) is 4. The van der Waals surface area contributed by atoms with Crippen molar-refractivity contribution in [2.24, 2.45) is 0 Å². The third-order valence-electron chi connectivity index (χ3n) is 3.66. The number of H-pyrrole nitrogens is 1. The second-order valence-electron chi connectivity index (χ2n) is 5.11. The monoisotopic (exact) mass is 266 g/mol. The third-order valence-corrected chi connectivity index (χ3v) is 3.66. The van der Waals surface area contributed by atoms with Gasteiger partial charge >= 0.3 is 5.69 Å². The largest absolute Gasteiger partial charge is 0.385 e. The van der Waals surface area contributed by atoms with Crippen LogP contribution in [0.4, 0.5) is 5.82 Å². The Bertz CT molecular complexity index is 541. The molecule has 1 fully saturated rings. The average molecular weight is 266 g/mol. The van der Waals surface area contributed by atoms with E-state index in [0.717, 1.165) is 38.8 Å². The fourth-order valence-corrected chi connectivity index (χ4v) is 2.48. The molecule has 6 nitrogen and oxygen atoms in total. The van der Waals surface area contributed by atoms with Crippen molar-refractivity contribution in [3.8, 4) is 0 Å². The van der Waals surface area contributed by atoms with E-state index in [1.54, 1.807) is 0 Å². The molecule has 0 atom stereocenters. The number of nitrogens with two attached hydrogens (primary N) is 1. The summed E-state index contributed by atoms with van der Waals surface area (Å²) in [6.45, 7) is 5.14. The van der Waals surface area contributed by atoms with Crippen LogP contribution in [0.1, 0.15) is 38.2 Å². The van der Waals surface area contributed by atoms with Crippen LogP contribution < -0.4 is 17.0 Å². The summed E-state index contributed by atoms with van der Waals surface area (Å²) >= 11 is 0. The van der Waals surface area contributed by atoms with Crippen LogP contribution in [0, 0.1) is 0 Å². The Morgan fingerprint density at radius 1 is 1.26 bits per heavy atom. The van der Waals surface area contributed by atoms with E-state index in [1.807, 2.05) is 0 Å². The van der Waals surface area contributed by atoms with Gasteiger partial charge in [0, 0.05) is 13.1 Å². The summed E-state index contributed by atoms with van der Waals surface area (Å²) in [6, 6.07) is 0. The summed E-state index contributed by atoms with van der Waals surface area (Å²) < 4.78 is 1.48. The predicted octanol–water partition coefficient (Wildman–Crippen LogP) is 0.515. The van der Waals surface area contributed by atoms with Crippen LogP contribution in [0.5, 0.6) is 0 Å². The van der Waals surface area contributed by atoms with E-state index >= 15 is 0 Å². The lowest BCUT2D eigenvalue weighted by molar-refractivity contribution is 0.329. The summed E-state index contributed by atoms with van der Waals surface area (Å²) in [5.74, 6) is 0.328. The van der Waals surface area contributed by atoms with Gasteiger partial charge in [-0.3, -0.25) is 19.2 Å². The Morgan fingerprint density at radius 2 is 1.95 bits per heavy atom. The van der Waals surface area contributed by atoms with Crippen molar-refractivity contribution < 1.29 is 0 Å². The van der Waals surface area contributed by atoms with Crippen LogP contribution in [0.3, 0.4) is 0 Å². The zero-order valence-electron chi connectivity index (χ0n) is 11.4. The first-order valence-corrected chi connectivity index (χ1v) is 6.97. The van der Waals surface area contributed by atoms with Gasteiger partial charge < -0.3 is 5.73 Å². The molecule has 0 aliphatic carbocycles. The number of nitrogen functional groups attached to an aromatic ring is 1. The fourth-order valence-electron chi connectivity index (χ4n) is 2.48. The summed E-state index contributed by atoms with van der Waals surface area (Å²) in [5.41, 5.74) is 5.80. The number of anilines is 1. The van der Waals surface area contributed by atoms with Crippen LogP contribution in [-0.2, 0) is 13.1 Å². The number of aromatic amines is 1. The molecule has 0 radical (unpaired) electrons. The van der Waals surface area contributed by atoms with E-state index in [2.05, 4.69) is 16.8 Å². The molecule has 1 saturated heterocycles. The number of hydrogen-bond donors (Lipinski definition) is 2. The lowest BCUT2D eigenvalue weighted by Crippen LogP contribution is -2.36. The number of likely N-dealkylation sites (tertiary alicyclic amines) is 1. The molecular weight excluding hydrogens is 244 g/mol. The minimum Gasteiger partial charge on any atom is -0.385 e. The van der Waals surface area contributed by atoms with Gasteiger partial charge in [0.2, 0.25) is 0 Å². The lowest BCUT2D eigenvalue weighted by atomic mass is 10.2. The van der Waals surface area contributed by atoms with Crippen LogP contribution in [-0.4, -0.2) is 27.5 Å². The van der Waals surface area contributed by atoms with Gasteiger partial charge in [0.1, 0.15) is 5.82 Å². The van der Waals surface area contributed by atoms with E-state index in [-0.39, 0.29) is 5.56 Å². The Kier molecular flexibility index (Phi) is 4.42. The Hall–Kier alpha value is -1.56. The summed E-state index contributed by atoms with van der Waals surface area (Å²) in [4.78, 5) is 28.2. The first-order chi connectivity index (χ1) is 9.13. The molecule has 106 valence electrons. The molecule has 2 rings (SSSR count). The third kappa shape index (κ3) is 3.07. The van der Waals surface area contributed by atoms with Crippen molar-refractivity contribution in [2.75, 3.05) is 18.8 Å². The van der Waals surface area contributed by atoms with Crippen LogP contribution in [0.25, 0.3) is 0 Å². The molecular formula is C13H22N4O2. The highest BCUT2D eigenvalue weighted by molar-refractivity contribution is 5.38. The van der Waals surface area contributed by atoms with Gasteiger partial charge in [0.15, 0.2) is 0 Å². The van der Waals surface area contributed by atoms with E-state index in [4.69, 9.17) is 5.73 Å². The smallest absolute Gasteiger partial charge is 0.329 e. The predicted molar refractivity (Wildman–Crippen MR) is 75.2 cm³/mol. The van der Waals surface area contributed by atoms with Crippen molar-refractivity contribution >= 4 is 5.82 Å². The molecule has 1 aromatic rings. The molecule has 0 spiro atoms. The van der Waals surface area contributed by atoms with Crippen LogP contribution in [0.2, 0.25) is 0 Å². The van der Waals surface area contributed by atoms with Gasteiger partial charge in [-0.05, 0) is 32.4 Å². The fraction of sp³-hybridized carbons (Fsp3) is 0.692. The average Bonchev–Trinajstić information content (AvgIpc) is 2.87. The Morgan fingerprint density at radius 3 is 2.58 bits per heavy atom. The molecule has 2 heterocycles. The van der Waals surface area contributed by atoms with E-state index < -0.39 is 5.69 Å². The first kappa shape index (κ1) is 13.9. The van der Waals surface area contributed by atoms with Gasteiger partial charge in [-0.15, -0.1) is 0 Å². The molecule has 3 N–H and O–H groups in total. The van der Waals surface area contributed by atoms with Gasteiger partial charge in [-0.1, -0.05) is 13.3 Å². The number of nitrogens with zero attached hydrogens (tertiary/aromatic N) is 2. The molecule has 0 bridgehead atoms. The molecule has 1 aromatic heterocycles. The maximum Gasteiger partial charge on any atom is 0.329 e. The first-order valence-electron chi connectivity index (χ1n) is 6.97. The number of nitrogens with one attached hydrogen (secondary N) is 1. The number of aromatic nitrogens is 2. The normalized spacial score (nSPS) is 16.1. The van der Waals surface area contributed by atoms with Crippen molar-refractivity contribution in [3.05, 3.63) is 26.4 Å². The SMILES string of the molecule is CCCCn1c(N)c(CN2CCCC2)c(=O)[nH]c1=O. The Labute approximate surface area is 112 Å². The summed E-state index contributed by atoms with van der Waals surface area (Å²) in [7, 11) is 0. The molecule has 0 saturated carbocycles.